The van der Waals surface area contributed by atoms with Crippen molar-refractivity contribution in [1.29, 1.82) is 0 Å². The minimum absolute atomic E-state index is 0.205. The summed E-state index contributed by atoms with van der Waals surface area (Å²) in [7, 11) is -4.65. The maximum Gasteiger partial charge on any atom is 0.387 e. The number of hydrogen-bond donors (Lipinski definition) is 2. The Labute approximate surface area is 78.3 Å². The van der Waals surface area contributed by atoms with E-state index in [9.17, 15) is 18.5 Å². The molecule has 0 aliphatic carbocycles. The van der Waals surface area contributed by atoms with E-state index in [0.717, 1.165) is 12.1 Å². The zero-order chi connectivity index (χ0) is 10.9. The van der Waals surface area contributed by atoms with Crippen LogP contribution in [-0.4, -0.2) is 22.9 Å². The van der Waals surface area contributed by atoms with Gasteiger partial charge in [0, 0.05) is 6.07 Å². The molecule has 0 amide bonds. The van der Waals surface area contributed by atoms with Crippen LogP contribution >= 0.6 is 0 Å². The number of hydrogen-bond acceptors (Lipinski definition) is 6. The van der Waals surface area contributed by atoms with Crippen LogP contribution in [0.1, 0.15) is 0 Å². The molecule has 0 aliphatic rings. The number of nitrogens with two attached hydrogens (primary N) is 1. The van der Waals surface area contributed by atoms with Crippen LogP contribution < -0.4 is 5.73 Å². The number of nitrogen functional groups attached to an aromatic ring is 1. The summed E-state index contributed by atoms with van der Waals surface area (Å²) in [6, 6.07) is 1.85. The van der Waals surface area contributed by atoms with Gasteiger partial charge in [-0.3, -0.25) is 4.55 Å². The predicted molar refractivity (Wildman–Crippen MR) is 45.1 cm³/mol. The van der Waals surface area contributed by atoms with Gasteiger partial charge in [0.05, 0.1) is 0 Å². The van der Waals surface area contributed by atoms with E-state index in [1.165, 1.54) is 0 Å². The van der Waals surface area contributed by atoms with Crippen LogP contribution in [0.15, 0.2) is 17.0 Å². The van der Waals surface area contributed by atoms with Gasteiger partial charge in [0.25, 0.3) is 0 Å². The Kier molecular flexibility index (Phi) is 2.36. The highest BCUT2D eigenvalue weighted by Gasteiger charge is 2.25. The van der Waals surface area contributed by atoms with Crippen molar-refractivity contribution in [3.05, 3.63) is 22.2 Å². The van der Waals surface area contributed by atoms with Gasteiger partial charge in [-0.05, 0) is 16.0 Å². The largest absolute Gasteiger partial charge is 0.387 e. The Morgan fingerprint density at radius 2 is 2.07 bits per heavy atom. The first-order valence-corrected chi connectivity index (χ1v) is 4.65. The Morgan fingerprint density at radius 1 is 1.50 bits per heavy atom. The molecule has 0 fully saturated rings. The molecule has 9 heteroatoms. The lowest BCUT2D eigenvalue weighted by Gasteiger charge is -1.98. The highest BCUT2D eigenvalue weighted by molar-refractivity contribution is 7.86. The van der Waals surface area contributed by atoms with E-state index in [2.05, 4.69) is 4.98 Å². The molecule has 14 heavy (non-hydrogen) atoms. The number of anilines is 1. The number of pyridine rings is 1. The van der Waals surface area contributed by atoms with E-state index in [4.69, 9.17) is 10.3 Å². The molecule has 0 saturated heterocycles. The Morgan fingerprint density at radius 3 is 2.50 bits per heavy atom. The Balaban J connectivity index is 3.53. The lowest BCUT2D eigenvalue weighted by molar-refractivity contribution is -0.392. The smallest absolute Gasteiger partial charge is 0.363 e. The van der Waals surface area contributed by atoms with Crippen molar-refractivity contribution < 1.29 is 17.9 Å². The van der Waals surface area contributed by atoms with Crippen LogP contribution in [0.4, 0.5) is 11.6 Å². The molecular formula is C5H5N3O5S. The minimum Gasteiger partial charge on any atom is -0.363 e. The minimum atomic E-state index is -4.65. The molecule has 0 unspecified atom stereocenters. The maximum absolute atomic E-state index is 10.6. The van der Waals surface area contributed by atoms with Crippen molar-refractivity contribution in [2.24, 2.45) is 0 Å². The Bertz CT molecular complexity index is 482. The molecule has 0 spiro atoms. The highest BCUT2D eigenvalue weighted by atomic mass is 32.2. The first kappa shape index (κ1) is 10.3. The fourth-order valence-corrected chi connectivity index (χ4v) is 1.37. The number of rotatable bonds is 2. The van der Waals surface area contributed by atoms with Crippen LogP contribution in [0.2, 0.25) is 0 Å². The SMILES string of the molecule is Nc1ccc(S(=O)(=O)O)c([N+](=O)[O-])n1. The van der Waals surface area contributed by atoms with Crippen molar-refractivity contribution in [2.45, 2.75) is 4.90 Å². The van der Waals surface area contributed by atoms with Gasteiger partial charge in [0.1, 0.15) is 0 Å². The average Bonchev–Trinajstić information content (AvgIpc) is 2.01. The zero-order valence-corrected chi connectivity index (χ0v) is 7.43. The number of nitrogens with zero attached hydrogens (tertiary/aromatic N) is 2. The lowest BCUT2D eigenvalue weighted by atomic mass is 10.4. The number of nitro groups is 1. The highest BCUT2D eigenvalue weighted by Crippen LogP contribution is 2.21. The summed E-state index contributed by atoms with van der Waals surface area (Å²) < 4.78 is 29.9. The van der Waals surface area contributed by atoms with Gasteiger partial charge in [-0.15, -0.1) is 0 Å². The van der Waals surface area contributed by atoms with Crippen molar-refractivity contribution in [3.63, 3.8) is 0 Å². The van der Waals surface area contributed by atoms with Crippen molar-refractivity contribution in [2.75, 3.05) is 5.73 Å². The molecule has 1 aromatic rings. The monoisotopic (exact) mass is 219 g/mol. The fourth-order valence-electron chi connectivity index (χ4n) is 0.782. The molecule has 0 aromatic carbocycles. The molecule has 0 saturated carbocycles. The molecule has 0 aliphatic heterocycles. The van der Waals surface area contributed by atoms with E-state index < -0.39 is 25.8 Å². The molecule has 0 atom stereocenters. The predicted octanol–water partition coefficient (Wildman–Crippen LogP) is -0.181. The van der Waals surface area contributed by atoms with E-state index in [-0.39, 0.29) is 5.82 Å². The van der Waals surface area contributed by atoms with E-state index in [0.29, 0.717) is 0 Å². The summed E-state index contributed by atoms with van der Waals surface area (Å²) in [6.45, 7) is 0. The van der Waals surface area contributed by atoms with Gasteiger partial charge in [0.15, 0.2) is 4.90 Å². The summed E-state index contributed by atoms with van der Waals surface area (Å²) in [6.07, 6.45) is 0. The van der Waals surface area contributed by atoms with Crippen molar-refractivity contribution in [3.8, 4) is 0 Å². The van der Waals surface area contributed by atoms with Gasteiger partial charge in [0.2, 0.25) is 5.82 Å². The quantitative estimate of drug-likeness (QED) is 0.399. The Hall–Kier alpha value is -1.74. The van der Waals surface area contributed by atoms with Gasteiger partial charge < -0.3 is 15.8 Å². The molecule has 0 radical (unpaired) electrons. The van der Waals surface area contributed by atoms with E-state index >= 15 is 0 Å². The van der Waals surface area contributed by atoms with Crippen LogP contribution in [0.3, 0.4) is 0 Å². The van der Waals surface area contributed by atoms with Crippen LogP contribution in [0, 0.1) is 10.1 Å². The number of aromatic nitrogens is 1. The fraction of sp³-hybridized carbons (Fsp3) is 0. The third-order valence-corrected chi connectivity index (χ3v) is 2.19. The second-order valence-corrected chi connectivity index (χ2v) is 3.68. The van der Waals surface area contributed by atoms with Crippen molar-refractivity contribution in [1.82, 2.24) is 4.98 Å². The summed E-state index contributed by atoms with van der Waals surface area (Å²) in [5, 5.41) is 10.3. The van der Waals surface area contributed by atoms with Gasteiger partial charge in [-0.1, -0.05) is 0 Å². The maximum atomic E-state index is 10.6. The molecule has 3 N–H and O–H groups in total. The first-order chi connectivity index (χ1) is 6.32. The molecular weight excluding hydrogens is 214 g/mol. The second kappa shape index (κ2) is 3.20. The van der Waals surface area contributed by atoms with Gasteiger partial charge in [-0.25, -0.2) is 0 Å². The molecule has 1 heterocycles. The second-order valence-electron chi connectivity index (χ2n) is 2.29. The summed E-state index contributed by atoms with van der Waals surface area (Å²) in [5.41, 5.74) is 5.12. The molecule has 1 aromatic heterocycles. The van der Waals surface area contributed by atoms with Crippen LogP contribution in [-0.2, 0) is 10.1 Å². The van der Waals surface area contributed by atoms with E-state index in [1.807, 2.05) is 0 Å². The van der Waals surface area contributed by atoms with Crippen molar-refractivity contribution >= 4 is 21.8 Å². The average molecular weight is 219 g/mol. The summed E-state index contributed by atoms with van der Waals surface area (Å²) in [5.74, 6) is -1.20. The van der Waals surface area contributed by atoms with Crippen LogP contribution in [0.25, 0.3) is 0 Å². The standard InChI is InChI=1S/C5H5N3O5S/c6-4-2-1-3(14(11,12)13)5(7-4)8(9)10/h1-2H,(H2,6,7)(H,11,12,13). The third kappa shape index (κ3) is 1.95. The normalized spacial score (nSPS) is 11.2. The third-order valence-electron chi connectivity index (χ3n) is 1.31. The topological polar surface area (TPSA) is 136 Å². The van der Waals surface area contributed by atoms with Gasteiger partial charge >= 0.3 is 15.9 Å². The zero-order valence-electron chi connectivity index (χ0n) is 6.61. The molecule has 0 bridgehead atoms. The lowest BCUT2D eigenvalue weighted by Crippen LogP contribution is -2.06. The van der Waals surface area contributed by atoms with Gasteiger partial charge in [-0.2, -0.15) is 8.42 Å². The first-order valence-electron chi connectivity index (χ1n) is 3.21. The van der Waals surface area contributed by atoms with E-state index in [1.54, 1.807) is 0 Å². The molecule has 1 rings (SSSR count). The summed E-state index contributed by atoms with van der Waals surface area (Å²) in [4.78, 5) is 11.6. The molecule has 8 nitrogen and oxygen atoms in total. The van der Waals surface area contributed by atoms with Crippen LogP contribution in [0.5, 0.6) is 0 Å². The molecule has 76 valence electrons. The summed E-state index contributed by atoms with van der Waals surface area (Å²) >= 11 is 0.